The molecule has 3 aliphatic carbocycles. The Balaban J connectivity index is 1.66. The first kappa shape index (κ1) is 22.8. The third-order valence-corrected chi connectivity index (χ3v) is 8.37. The van der Waals surface area contributed by atoms with Gasteiger partial charge in [0.05, 0.1) is 39.8 Å². The molecule has 0 unspecified atom stereocenters. The standard InChI is InChI=1S/C28H28O8/c1-31-21-8-15(9-22(32-2)25(21)33-3)23-17-10-19-20(36-13-35-19)11-18(17)26(29)28(24(23)27(30)34-4)12-14-5-6-16(28)7-14/h5-6,8-11,14,16,23-24H,7,12-13H2,1-4H3/t14-,16+,23+,24+,28-/m0/s1. The van der Waals surface area contributed by atoms with Gasteiger partial charge in [-0.25, -0.2) is 0 Å². The lowest BCUT2D eigenvalue weighted by Gasteiger charge is -2.47. The van der Waals surface area contributed by atoms with Gasteiger partial charge in [0.25, 0.3) is 0 Å². The van der Waals surface area contributed by atoms with Gasteiger partial charge in [-0.15, -0.1) is 0 Å². The maximum Gasteiger partial charge on any atom is 0.310 e. The summed E-state index contributed by atoms with van der Waals surface area (Å²) in [5.41, 5.74) is 1.10. The molecule has 2 bridgehead atoms. The smallest absolute Gasteiger partial charge is 0.310 e. The summed E-state index contributed by atoms with van der Waals surface area (Å²) in [5, 5.41) is 0. The molecule has 36 heavy (non-hydrogen) atoms. The van der Waals surface area contributed by atoms with Crippen LogP contribution in [0.2, 0.25) is 0 Å². The van der Waals surface area contributed by atoms with Crippen molar-refractivity contribution in [2.75, 3.05) is 35.2 Å². The molecular weight excluding hydrogens is 464 g/mol. The monoisotopic (exact) mass is 492 g/mol. The zero-order chi connectivity index (χ0) is 25.2. The zero-order valence-corrected chi connectivity index (χ0v) is 20.7. The first-order chi connectivity index (χ1) is 17.5. The molecular formula is C28H28O8. The molecule has 2 aromatic carbocycles. The molecule has 0 N–H and O–H groups in total. The number of benzene rings is 2. The molecule has 0 aromatic heterocycles. The van der Waals surface area contributed by atoms with Gasteiger partial charge in [-0.05, 0) is 60.1 Å². The van der Waals surface area contributed by atoms with Gasteiger partial charge in [0.2, 0.25) is 12.5 Å². The third kappa shape index (κ3) is 2.93. The Kier molecular flexibility index (Phi) is 5.17. The Morgan fingerprint density at radius 1 is 0.944 bits per heavy atom. The molecule has 1 saturated carbocycles. The van der Waals surface area contributed by atoms with E-state index in [1.165, 1.54) is 7.11 Å². The molecule has 2 aromatic rings. The lowest BCUT2D eigenvalue weighted by atomic mass is 9.53. The van der Waals surface area contributed by atoms with Crippen molar-refractivity contribution < 1.29 is 38.0 Å². The molecule has 1 fully saturated rings. The molecule has 8 heteroatoms. The summed E-state index contributed by atoms with van der Waals surface area (Å²) in [6.45, 7) is 0.0836. The first-order valence-electron chi connectivity index (χ1n) is 12.0. The highest BCUT2D eigenvalue weighted by atomic mass is 16.7. The summed E-state index contributed by atoms with van der Waals surface area (Å²) in [6, 6.07) is 7.30. The van der Waals surface area contributed by atoms with Gasteiger partial charge in [0, 0.05) is 11.5 Å². The molecule has 0 amide bonds. The number of esters is 1. The number of ether oxygens (including phenoxy) is 6. The van der Waals surface area contributed by atoms with Crippen LogP contribution >= 0.6 is 0 Å². The highest BCUT2D eigenvalue weighted by Gasteiger charge is 2.65. The molecule has 0 radical (unpaired) electrons. The van der Waals surface area contributed by atoms with Crippen molar-refractivity contribution >= 4 is 11.8 Å². The average molecular weight is 493 g/mol. The van der Waals surface area contributed by atoms with Crippen molar-refractivity contribution in [3.63, 3.8) is 0 Å². The topological polar surface area (TPSA) is 89.5 Å². The van der Waals surface area contributed by atoms with E-state index < -0.39 is 23.2 Å². The molecule has 1 spiro atoms. The lowest BCUT2D eigenvalue weighted by Crippen LogP contribution is -2.52. The van der Waals surface area contributed by atoms with E-state index in [0.29, 0.717) is 46.3 Å². The Labute approximate surface area is 209 Å². The minimum absolute atomic E-state index is 0.0354. The second kappa shape index (κ2) is 8.18. The van der Waals surface area contributed by atoms with E-state index in [4.69, 9.17) is 28.4 Å². The van der Waals surface area contributed by atoms with E-state index in [0.717, 1.165) is 12.0 Å². The van der Waals surface area contributed by atoms with Gasteiger partial charge < -0.3 is 28.4 Å². The number of carbonyl (C=O) groups excluding carboxylic acids is 2. The number of carbonyl (C=O) groups is 2. The average Bonchev–Trinajstić information content (AvgIpc) is 3.65. The van der Waals surface area contributed by atoms with Gasteiger partial charge in [0.1, 0.15) is 0 Å². The van der Waals surface area contributed by atoms with Crippen LogP contribution in [0.4, 0.5) is 0 Å². The minimum atomic E-state index is -0.918. The molecule has 1 heterocycles. The summed E-state index contributed by atoms with van der Waals surface area (Å²) in [4.78, 5) is 28.0. The largest absolute Gasteiger partial charge is 0.493 e. The van der Waals surface area contributed by atoms with Crippen molar-refractivity contribution in [3.05, 3.63) is 53.1 Å². The van der Waals surface area contributed by atoms with Crippen molar-refractivity contribution in [1.29, 1.82) is 0 Å². The van der Waals surface area contributed by atoms with E-state index in [2.05, 4.69) is 12.2 Å². The van der Waals surface area contributed by atoms with E-state index >= 15 is 0 Å². The molecule has 188 valence electrons. The number of ketones is 1. The Morgan fingerprint density at radius 2 is 1.64 bits per heavy atom. The molecule has 6 rings (SSSR count). The fraction of sp³-hybridized carbons (Fsp3) is 0.429. The van der Waals surface area contributed by atoms with Gasteiger partial charge in [-0.1, -0.05) is 12.2 Å². The summed E-state index contributed by atoms with van der Waals surface area (Å²) in [5.74, 6) is 0.971. The molecule has 5 atom stereocenters. The Bertz CT molecular complexity index is 1270. The predicted octanol–water partition coefficient (Wildman–Crippen LogP) is 4.14. The third-order valence-electron chi connectivity index (χ3n) is 8.37. The van der Waals surface area contributed by atoms with Crippen LogP contribution in [0.5, 0.6) is 28.7 Å². The van der Waals surface area contributed by atoms with Crippen LogP contribution < -0.4 is 23.7 Å². The molecule has 1 aliphatic heterocycles. The zero-order valence-electron chi connectivity index (χ0n) is 20.7. The summed E-state index contributed by atoms with van der Waals surface area (Å²) in [6.07, 6.45) is 5.72. The lowest BCUT2D eigenvalue weighted by molar-refractivity contribution is -0.151. The van der Waals surface area contributed by atoms with Crippen LogP contribution in [0.15, 0.2) is 36.4 Å². The highest BCUT2D eigenvalue weighted by molar-refractivity contribution is 6.08. The summed E-state index contributed by atoms with van der Waals surface area (Å²) < 4.78 is 33.5. The summed E-state index contributed by atoms with van der Waals surface area (Å²) >= 11 is 0. The number of hydrogen-bond acceptors (Lipinski definition) is 8. The second-order valence-electron chi connectivity index (χ2n) is 9.79. The number of rotatable bonds is 5. The molecule has 4 aliphatic rings. The quantitative estimate of drug-likeness (QED) is 0.455. The second-order valence-corrected chi connectivity index (χ2v) is 9.79. The Morgan fingerprint density at radius 3 is 2.19 bits per heavy atom. The number of Topliss-reactive ketones (excluding diaryl/α,β-unsaturated/α-hetero) is 1. The number of methoxy groups -OCH3 is 4. The maximum atomic E-state index is 14.4. The predicted molar refractivity (Wildman–Crippen MR) is 128 cm³/mol. The van der Waals surface area contributed by atoms with Gasteiger partial charge in [0.15, 0.2) is 28.8 Å². The molecule has 8 nitrogen and oxygen atoms in total. The molecule has 0 saturated heterocycles. The van der Waals surface area contributed by atoms with Gasteiger partial charge >= 0.3 is 5.97 Å². The highest BCUT2D eigenvalue weighted by Crippen LogP contribution is 2.65. The minimum Gasteiger partial charge on any atom is -0.493 e. The van der Waals surface area contributed by atoms with Crippen molar-refractivity contribution in [3.8, 4) is 28.7 Å². The van der Waals surface area contributed by atoms with Crippen LogP contribution in [0.1, 0.15) is 40.2 Å². The number of allylic oxidation sites excluding steroid dienone is 2. The number of fused-ring (bicyclic) bond motifs is 5. The Hall–Kier alpha value is -3.68. The van der Waals surface area contributed by atoms with Crippen LogP contribution in [-0.2, 0) is 9.53 Å². The van der Waals surface area contributed by atoms with E-state index in [9.17, 15) is 9.59 Å². The summed E-state index contributed by atoms with van der Waals surface area (Å²) in [7, 11) is 6.03. The fourth-order valence-electron chi connectivity index (χ4n) is 6.92. The first-order valence-corrected chi connectivity index (χ1v) is 12.0. The van der Waals surface area contributed by atoms with Crippen molar-refractivity contribution in [2.45, 2.75) is 18.8 Å². The fourth-order valence-corrected chi connectivity index (χ4v) is 6.92. The van der Waals surface area contributed by atoms with Crippen molar-refractivity contribution in [1.82, 2.24) is 0 Å². The van der Waals surface area contributed by atoms with Crippen LogP contribution in [-0.4, -0.2) is 47.0 Å². The SMILES string of the molecule is COC(=O)[C@H]1[C@H](c2cc(OC)c(OC)c(OC)c2)c2cc3c(cc2C(=O)[C@]12C[C@H]1C=C[C@@H]2C1)OCO3. The van der Waals surface area contributed by atoms with Crippen LogP contribution in [0.25, 0.3) is 0 Å². The van der Waals surface area contributed by atoms with Gasteiger partial charge in [-0.2, -0.15) is 0 Å². The number of hydrogen-bond donors (Lipinski definition) is 0. The van der Waals surface area contributed by atoms with E-state index in [1.807, 2.05) is 18.2 Å². The normalized spacial score (nSPS) is 28.8. The van der Waals surface area contributed by atoms with Crippen LogP contribution in [0.3, 0.4) is 0 Å². The maximum absolute atomic E-state index is 14.4. The van der Waals surface area contributed by atoms with E-state index in [-0.39, 0.29) is 24.4 Å². The van der Waals surface area contributed by atoms with Crippen LogP contribution in [0, 0.1) is 23.2 Å². The van der Waals surface area contributed by atoms with Gasteiger partial charge in [-0.3, -0.25) is 9.59 Å². The van der Waals surface area contributed by atoms with Crippen molar-refractivity contribution in [2.24, 2.45) is 23.2 Å². The van der Waals surface area contributed by atoms with E-state index in [1.54, 1.807) is 27.4 Å².